The third-order valence-electron chi connectivity index (χ3n) is 3.77. The van der Waals surface area contributed by atoms with E-state index in [4.69, 9.17) is 4.42 Å². The van der Waals surface area contributed by atoms with Crippen molar-refractivity contribution in [2.75, 3.05) is 18.6 Å². The summed E-state index contributed by atoms with van der Waals surface area (Å²) in [6.07, 6.45) is 1.38. The molecule has 1 aromatic carbocycles. The second kappa shape index (κ2) is 6.62. The standard InChI is InChI=1S/C16H23NO3S/c1-4-21(18,19)9-5-6-14(17-3)16-11-13-10-12(2)7-8-15(13)20-16/h7-8,10-11,14,17H,4-6,9H2,1-3H3. The maximum absolute atomic E-state index is 11.5. The monoisotopic (exact) mass is 309 g/mol. The van der Waals surface area contributed by atoms with E-state index in [1.165, 1.54) is 5.56 Å². The van der Waals surface area contributed by atoms with E-state index < -0.39 is 9.84 Å². The molecule has 0 saturated carbocycles. The molecule has 0 radical (unpaired) electrons. The lowest BCUT2D eigenvalue weighted by Crippen LogP contribution is -2.17. The minimum Gasteiger partial charge on any atom is -0.459 e. The molecule has 1 heterocycles. The fraction of sp³-hybridized carbons (Fsp3) is 0.500. The van der Waals surface area contributed by atoms with Gasteiger partial charge in [-0.15, -0.1) is 0 Å². The molecule has 0 aliphatic heterocycles. The molecule has 5 heteroatoms. The maximum Gasteiger partial charge on any atom is 0.150 e. The Labute approximate surface area is 126 Å². The van der Waals surface area contributed by atoms with Crippen LogP contribution in [0.3, 0.4) is 0 Å². The van der Waals surface area contributed by atoms with Crippen LogP contribution in [0.4, 0.5) is 0 Å². The molecule has 0 amide bonds. The largest absolute Gasteiger partial charge is 0.459 e. The van der Waals surface area contributed by atoms with Crippen molar-refractivity contribution in [2.45, 2.75) is 32.7 Å². The van der Waals surface area contributed by atoms with Gasteiger partial charge in [-0.25, -0.2) is 8.42 Å². The summed E-state index contributed by atoms with van der Waals surface area (Å²) in [4.78, 5) is 0. The van der Waals surface area contributed by atoms with Gasteiger partial charge in [0, 0.05) is 11.1 Å². The van der Waals surface area contributed by atoms with Gasteiger partial charge in [0.1, 0.15) is 21.2 Å². The molecule has 1 aromatic heterocycles. The van der Waals surface area contributed by atoms with Crippen LogP contribution in [0, 0.1) is 6.92 Å². The van der Waals surface area contributed by atoms with Crippen LogP contribution in [-0.4, -0.2) is 27.0 Å². The average molecular weight is 309 g/mol. The van der Waals surface area contributed by atoms with Crippen molar-refractivity contribution in [1.29, 1.82) is 0 Å². The lowest BCUT2D eigenvalue weighted by Gasteiger charge is -2.13. The number of nitrogens with one attached hydrogen (secondary N) is 1. The first-order chi connectivity index (χ1) is 9.95. The Morgan fingerprint density at radius 3 is 2.71 bits per heavy atom. The highest BCUT2D eigenvalue weighted by atomic mass is 32.2. The van der Waals surface area contributed by atoms with Crippen LogP contribution in [0.25, 0.3) is 11.0 Å². The molecule has 1 atom stereocenters. The van der Waals surface area contributed by atoms with Crippen LogP contribution in [0.2, 0.25) is 0 Å². The van der Waals surface area contributed by atoms with Crippen LogP contribution in [0.15, 0.2) is 28.7 Å². The summed E-state index contributed by atoms with van der Waals surface area (Å²) in [5.74, 6) is 1.31. The summed E-state index contributed by atoms with van der Waals surface area (Å²) in [6.45, 7) is 3.74. The topological polar surface area (TPSA) is 59.3 Å². The molecule has 0 saturated heterocycles. The van der Waals surface area contributed by atoms with Gasteiger partial charge in [0.15, 0.2) is 0 Å². The number of hydrogen-bond donors (Lipinski definition) is 1. The quantitative estimate of drug-likeness (QED) is 0.853. The fourth-order valence-electron chi connectivity index (χ4n) is 2.44. The molecule has 4 nitrogen and oxygen atoms in total. The summed E-state index contributed by atoms with van der Waals surface area (Å²) in [6, 6.07) is 8.18. The summed E-state index contributed by atoms with van der Waals surface area (Å²) >= 11 is 0. The Morgan fingerprint density at radius 2 is 2.05 bits per heavy atom. The Kier molecular flexibility index (Phi) is 5.06. The van der Waals surface area contributed by atoms with Gasteiger partial charge in [0.05, 0.1) is 11.8 Å². The van der Waals surface area contributed by atoms with Crippen LogP contribution in [0.5, 0.6) is 0 Å². The highest BCUT2D eigenvalue weighted by Gasteiger charge is 2.16. The summed E-state index contributed by atoms with van der Waals surface area (Å²) in [7, 11) is -1.02. The molecule has 1 N–H and O–H groups in total. The number of fused-ring (bicyclic) bond motifs is 1. The van der Waals surface area contributed by atoms with Crippen molar-refractivity contribution >= 4 is 20.8 Å². The third kappa shape index (κ3) is 4.08. The molecular weight excluding hydrogens is 286 g/mol. The van der Waals surface area contributed by atoms with Crippen LogP contribution < -0.4 is 5.32 Å². The van der Waals surface area contributed by atoms with Gasteiger partial charge in [-0.1, -0.05) is 18.6 Å². The Balaban J connectivity index is 2.09. The fourth-order valence-corrected chi connectivity index (χ4v) is 3.33. The van der Waals surface area contributed by atoms with Gasteiger partial charge in [0.25, 0.3) is 0 Å². The van der Waals surface area contributed by atoms with Crippen LogP contribution in [0.1, 0.15) is 37.1 Å². The second-order valence-corrected chi connectivity index (χ2v) is 7.88. The predicted molar refractivity (Wildman–Crippen MR) is 86.3 cm³/mol. The number of hydrogen-bond acceptors (Lipinski definition) is 4. The van der Waals surface area contributed by atoms with Crippen molar-refractivity contribution < 1.29 is 12.8 Å². The van der Waals surface area contributed by atoms with E-state index in [0.717, 1.165) is 23.2 Å². The highest BCUT2D eigenvalue weighted by Crippen LogP contribution is 2.27. The average Bonchev–Trinajstić information content (AvgIpc) is 2.86. The van der Waals surface area contributed by atoms with E-state index in [9.17, 15) is 8.42 Å². The minimum atomic E-state index is -2.89. The highest BCUT2D eigenvalue weighted by molar-refractivity contribution is 7.91. The summed E-state index contributed by atoms with van der Waals surface area (Å²) in [5, 5.41) is 4.30. The molecular formula is C16H23NO3S. The summed E-state index contributed by atoms with van der Waals surface area (Å²) in [5.41, 5.74) is 2.07. The molecule has 1 unspecified atom stereocenters. The third-order valence-corrected chi connectivity index (χ3v) is 5.56. The van der Waals surface area contributed by atoms with E-state index in [2.05, 4.69) is 18.3 Å². The lowest BCUT2D eigenvalue weighted by molar-refractivity contribution is 0.430. The van der Waals surface area contributed by atoms with Gasteiger partial charge in [-0.2, -0.15) is 0 Å². The normalized spacial score (nSPS) is 13.7. The second-order valence-electron chi connectivity index (χ2n) is 5.41. The number of furan rings is 1. The van der Waals surface area contributed by atoms with Gasteiger partial charge < -0.3 is 9.73 Å². The van der Waals surface area contributed by atoms with Gasteiger partial charge >= 0.3 is 0 Å². The number of sulfone groups is 1. The first kappa shape index (κ1) is 16.0. The number of rotatable bonds is 7. The molecule has 0 aliphatic rings. The zero-order valence-corrected chi connectivity index (χ0v) is 13.7. The van der Waals surface area contributed by atoms with E-state index in [1.54, 1.807) is 6.92 Å². The maximum atomic E-state index is 11.5. The van der Waals surface area contributed by atoms with E-state index in [1.807, 2.05) is 25.2 Å². The van der Waals surface area contributed by atoms with Crippen molar-refractivity contribution in [2.24, 2.45) is 0 Å². The summed E-state index contributed by atoms with van der Waals surface area (Å²) < 4.78 is 29.0. The van der Waals surface area contributed by atoms with Crippen LogP contribution >= 0.6 is 0 Å². The van der Waals surface area contributed by atoms with Gasteiger partial charge in [0.2, 0.25) is 0 Å². The van der Waals surface area contributed by atoms with Gasteiger partial charge in [-0.05, 0) is 45.0 Å². The van der Waals surface area contributed by atoms with Crippen LogP contribution in [-0.2, 0) is 9.84 Å². The molecule has 116 valence electrons. The predicted octanol–water partition coefficient (Wildman–Crippen LogP) is 3.22. The van der Waals surface area contributed by atoms with Crippen molar-refractivity contribution in [3.8, 4) is 0 Å². The first-order valence-corrected chi connectivity index (χ1v) is 9.15. The molecule has 0 spiro atoms. The molecule has 0 bridgehead atoms. The molecule has 2 aromatic rings. The van der Waals surface area contributed by atoms with Crippen molar-refractivity contribution in [3.05, 3.63) is 35.6 Å². The Hall–Kier alpha value is -1.33. The lowest BCUT2D eigenvalue weighted by atomic mass is 10.1. The van der Waals surface area contributed by atoms with E-state index in [-0.39, 0.29) is 17.5 Å². The van der Waals surface area contributed by atoms with Gasteiger partial charge in [-0.3, -0.25) is 0 Å². The zero-order chi connectivity index (χ0) is 15.5. The first-order valence-electron chi connectivity index (χ1n) is 7.33. The smallest absolute Gasteiger partial charge is 0.150 e. The zero-order valence-electron chi connectivity index (χ0n) is 12.8. The molecule has 21 heavy (non-hydrogen) atoms. The van der Waals surface area contributed by atoms with E-state index in [0.29, 0.717) is 6.42 Å². The Morgan fingerprint density at radius 1 is 1.29 bits per heavy atom. The number of benzene rings is 1. The SMILES string of the molecule is CCS(=O)(=O)CCCC(NC)c1cc2cc(C)ccc2o1. The molecule has 0 fully saturated rings. The molecule has 2 rings (SSSR count). The van der Waals surface area contributed by atoms with Crippen molar-refractivity contribution in [1.82, 2.24) is 5.32 Å². The minimum absolute atomic E-state index is 0.0461. The number of aryl methyl sites for hydroxylation is 1. The van der Waals surface area contributed by atoms with Crippen molar-refractivity contribution in [3.63, 3.8) is 0 Å². The molecule has 0 aliphatic carbocycles. The van der Waals surface area contributed by atoms with E-state index >= 15 is 0 Å². The Bertz CT molecular complexity index is 703.